The van der Waals surface area contributed by atoms with Gasteiger partial charge in [0.25, 0.3) is 5.92 Å². The van der Waals surface area contributed by atoms with Crippen molar-refractivity contribution in [2.75, 3.05) is 43.3 Å². The van der Waals surface area contributed by atoms with E-state index in [1.807, 2.05) is 23.7 Å². The molecule has 10 nitrogen and oxygen atoms in total. The Bertz CT molecular complexity index is 1480. The van der Waals surface area contributed by atoms with Crippen molar-refractivity contribution in [1.82, 2.24) is 24.7 Å². The quantitative estimate of drug-likeness (QED) is 0.329. The molecule has 0 saturated heterocycles. The van der Waals surface area contributed by atoms with Gasteiger partial charge in [0.2, 0.25) is 0 Å². The van der Waals surface area contributed by atoms with Gasteiger partial charge in [-0.05, 0) is 43.7 Å². The van der Waals surface area contributed by atoms with Crippen LogP contribution in [0, 0.1) is 6.92 Å². The van der Waals surface area contributed by atoms with Crippen molar-refractivity contribution in [1.29, 1.82) is 0 Å². The SMILES string of the molecule is COCC(F)(F)c1cc(N)cc([C@@H](C)Nc2nc(C)nc3cc(OC)c(N4CCn5ncnc5C4)cc23)c1. The smallest absolute Gasteiger partial charge is 0.296 e. The van der Waals surface area contributed by atoms with Gasteiger partial charge in [-0.2, -0.15) is 13.9 Å². The second-order valence-electron chi connectivity index (χ2n) is 9.37. The van der Waals surface area contributed by atoms with Crippen molar-refractivity contribution in [2.45, 2.75) is 38.9 Å². The fourth-order valence-corrected chi connectivity index (χ4v) is 4.74. The molecule has 0 bridgehead atoms. The van der Waals surface area contributed by atoms with E-state index in [-0.39, 0.29) is 17.3 Å². The highest BCUT2D eigenvalue weighted by atomic mass is 19.3. The first-order valence-electron chi connectivity index (χ1n) is 12.2. The van der Waals surface area contributed by atoms with E-state index in [9.17, 15) is 8.78 Å². The molecule has 2 aromatic carbocycles. The van der Waals surface area contributed by atoms with Gasteiger partial charge >= 0.3 is 0 Å². The lowest BCUT2D eigenvalue weighted by Gasteiger charge is -2.30. The molecule has 0 saturated carbocycles. The number of aryl methyl sites for hydroxylation is 1. The van der Waals surface area contributed by atoms with E-state index < -0.39 is 12.5 Å². The number of anilines is 3. The van der Waals surface area contributed by atoms with Crippen LogP contribution in [0.25, 0.3) is 10.9 Å². The largest absolute Gasteiger partial charge is 0.495 e. The van der Waals surface area contributed by atoms with Gasteiger partial charge in [0.1, 0.15) is 36.2 Å². The van der Waals surface area contributed by atoms with E-state index in [1.165, 1.54) is 19.2 Å². The highest BCUT2D eigenvalue weighted by Gasteiger charge is 2.32. The van der Waals surface area contributed by atoms with Crippen LogP contribution >= 0.6 is 0 Å². The van der Waals surface area contributed by atoms with E-state index in [0.717, 1.165) is 23.4 Å². The Kier molecular flexibility index (Phi) is 6.74. The second-order valence-corrected chi connectivity index (χ2v) is 9.37. The normalized spacial score (nSPS) is 14.4. The maximum atomic E-state index is 14.6. The summed E-state index contributed by atoms with van der Waals surface area (Å²) < 4.78 is 41.5. The molecule has 0 amide bonds. The zero-order valence-corrected chi connectivity index (χ0v) is 21.7. The third kappa shape index (κ3) is 4.91. The number of aromatic nitrogens is 5. The molecule has 3 N–H and O–H groups in total. The average Bonchev–Trinajstić information content (AvgIpc) is 3.35. The third-order valence-electron chi connectivity index (χ3n) is 6.64. The van der Waals surface area contributed by atoms with Crippen LogP contribution in [0.5, 0.6) is 5.75 Å². The highest BCUT2D eigenvalue weighted by molar-refractivity contribution is 5.94. The predicted octanol–water partition coefficient (Wildman–Crippen LogP) is 4.05. The number of nitrogens with two attached hydrogens (primary N) is 1. The second kappa shape index (κ2) is 10.0. The van der Waals surface area contributed by atoms with Crippen molar-refractivity contribution < 1.29 is 18.3 Å². The lowest BCUT2D eigenvalue weighted by molar-refractivity contribution is -0.0698. The Labute approximate surface area is 218 Å². The topological polar surface area (TPSA) is 116 Å². The molecule has 4 aromatic rings. The van der Waals surface area contributed by atoms with Gasteiger partial charge in [-0.3, -0.25) is 0 Å². The molecule has 0 radical (unpaired) electrons. The van der Waals surface area contributed by atoms with Gasteiger partial charge in [0, 0.05) is 36.4 Å². The summed E-state index contributed by atoms with van der Waals surface area (Å²) in [5.74, 6) is -0.470. The molecule has 2 aromatic heterocycles. The van der Waals surface area contributed by atoms with Crippen molar-refractivity contribution in [2.24, 2.45) is 0 Å². The Morgan fingerprint density at radius 2 is 1.95 bits per heavy atom. The summed E-state index contributed by atoms with van der Waals surface area (Å²) in [5, 5.41) is 8.42. The van der Waals surface area contributed by atoms with Gasteiger partial charge in [-0.25, -0.2) is 19.6 Å². The molecule has 0 spiro atoms. The lowest BCUT2D eigenvalue weighted by Crippen LogP contribution is -2.34. The van der Waals surface area contributed by atoms with Gasteiger partial charge in [0.05, 0.1) is 37.4 Å². The predicted molar refractivity (Wildman–Crippen MR) is 141 cm³/mol. The molecule has 0 aliphatic carbocycles. The maximum absolute atomic E-state index is 14.6. The van der Waals surface area contributed by atoms with E-state index >= 15 is 0 Å². The number of ether oxygens (including phenoxy) is 2. The van der Waals surface area contributed by atoms with Gasteiger partial charge in [0.15, 0.2) is 0 Å². The van der Waals surface area contributed by atoms with Crippen LogP contribution in [0.15, 0.2) is 36.7 Å². The maximum Gasteiger partial charge on any atom is 0.296 e. The zero-order chi connectivity index (χ0) is 27.0. The summed E-state index contributed by atoms with van der Waals surface area (Å²) in [4.78, 5) is 15.8. The molecule has 0 fully saturated rings. The molecule has 5 rings (SSSR count). The minimum Gasteiger partial charge on any atom is -0.495 e. The first-order valence-corrected chi connectivity index (χ1v) is 12.2. The number of nitrogens with zero attached hydrogens (tertiary/aromatic N) is 6. The molecule has 1 aliphatic heterocycles. The van der Waals surface area contributed by atoms with E-state index in [0.29, 0.717) is 41.6 Å². The molecule has 200 valence electrons. The summed E-state index contributed by atoms with van der Waals surface area (Å²) in [6.45, 7) is 4.95. The number of benzene rings is 2. The summed E-state index contributed by atoms with van der Waals surface area (Å²) >= 11 is 0. The number of alkyl halides is 2. The number of halogens is 2. The molecule has 1 atom stereocenters. The lowest BCUT2D eigenvalue weighted by atomic mass is 10.00. The number of fused-ring (bicyclic) bond motifs is 2. The zero-order valence-electron chi connectivity index (χ0n) is 21.7. The standard InChI is InChI=1S/C26H30F2N8O2/c1-15(17-7-18(9-19(29)8-17)26(27,28)13-37-3)32-25-20-10-22(23(38-4)11-21(20)33-16(2)34-25)35-5-6-36-24(12-35)30-14-31-36/h7-11,14-15H,5-6,12-13,29H2,1-4H3,(H,32,33,34)/t15-/m1/s1. The Hall–Kier alpha value is -4.06. The number of nitrogens with one attached hydrogen (secondary N) is 1. The van der Waals surface area contributed by atoms with Crippen LogP contribution in [0.3, 0.4) is 0 Å². The number of hydrogen-bond acceptors (Lipinski definition) is 9. The highest BCUT2D eigenvalue weighted by Crippen LogP contribution is 2.38. The van der Waals surface area contributed by atoms with Gasteiger partial charge in [-0.1, -0.05) is 0 Å². The number of rotatable bonds is 8. The van der Waals surface area contributed by atoms with Crippen molar-refractivity contribution in [3.05, 3.63) is 59.4 Å². The van der Waals surface area contributed by atoms with Crippen molar-refractivity contribution in [3.63, 3.8) is 0 Å². The van der Waals surface area contributed by atoms with Crippen LogP contribution in [-0.2, 0) is 23.7 Å². The van der Waals surface area contributed by atoms with Crippen LogP contribution in [0.4, 0.5) is 26.0 Å². The molecular weight excluding hydrogens is 494 g/mol. The number of methoxy groups -OCH3 is 2. The van der Waals surface area contributed by atoms with E-state index in [4.69, 9.17) is 15.2 Å². The minimum absolute atomic E-state index is 0.198. The molecule has 3 heterocycles. The molecule has 38 heavy (non-hydrogen) atoms. The van der Waals surface area contributed by atoms with E-state index in [1.54, 1.807) is 26.4 Å². The Balaban J connectivity index is 1.52. The summed E-state index contributed by atoms with van der Waals surface area (Å²) in [6, 6.07) is 7.90. The summed E-state index contributed by atoms with van der Waals surface area (Å²) in [7, 11) is 2.87. The number of hydrogen-bond donors (Lipinski definition) is 2. The first-order chi connectivity index (χ1) is 18.2. The fraction of sp³-hybridized carbons (Fsp3) is 0.385. The molecular formula is C26H30F2N8O2. The van der Waals surface area contributed by atoms with Crippen molar-refractivity contribution >= 4 is 28.1 Å². The van der Waals surface area contributed by atoms with Gasteiger partial charge < -0.3 is 25.4 Å². The molecule has 0 unspecified atom stereocenters. The average molecular weight is 525 g/mol. The van der Waals surface area contributed by atoms with Crippen LogP contribution in [-0.4, -0.2) is 52.1 Å². The first kappa shape index (κ1) is 25.6. The van der Waals surface area contributed by atoms with Crippen molar-refractivity contribution in [3.8, 4) is 5.75 Å². The summed E-state index contributed by atoms with van der Waals surface area (Å²) in [5.41, 5.74) is 8.23. The van der Waals surface area contributed by atoms with Crippen LogP contribution < -0.4 is 20.7 Å². The van der Waals surface area contributed by atoms with Crippen LogP contribution in [0.2, 0.25) is 0 Å². The molecule has 1 aliphatic rings. The summed E-state index contributed by atoms with van der Waals surface area (Å²) in [6.07, 6.45) is 1.56. The minimum atomic E-state index is -3.17. The Morgan fingerprint density at radius 1 is 1.13 bits per heavy atom. The fourth-order valence-electron chi connectivity index (χ4n) is 4.74. The van der Waals surface area contributed by atoms with Crippen LogP contribution in [0.1, 0.15) is 35.7 Å². The third-order valence-corrected chi connectivity index (χ3v) is 6.64. The monoisotopic (exact) mass is 524 g/mol. The van der Waals surface area contributed by atoms with E-state index in [2.05, 4.69) is 30.3 Å². The molecule has 12 heteroatoms. The Morgan fingerprint density at radius 3 is 2.71 bits per heavy atom. The number of nitrogen functional groups attached to an aromatic ring is 1. The van der Waals surface area contributed by atoms with Gasteiger partial charge in [-0.15, -0.1) is 0 Å².